The van der Waals surface area contributed by atoms with Crippen molar-refractivity contribution in [2.45, 2.75) is 19.3 Å². The van der Waals surface area contributed by atoms with E-state index in [9.17, 15) is 4.79 Å². The van der Waals surface area contributed by atoms with Crippen LogP contribution in [0.15, 0.2) is 42.5 Å². The number of fused-ring (bicyclic) bond motifs is 1. The number of hydrogen-bond donors (Lipinski definition) is 0. The van der Waals surface area contributed by atoms with Crippen LogP contribution in [-0.2, 0) is 11.2 Å². The van der Waals surface area contributed by atoms with Crippen molar-refractivity contribution < 1.29 is 4.79 Å². The summed E-state index contributed by atoms with van der Waals surface area (Å²) in [4.78, 5) is 16.4. The van der Waals surface area contributed by atoms with Crippen LogP contribution in [0.3, 0.4) is 0 Å². The number of benzene rings is 1. The van der Waals surface area contributed by atoms with E-state index in [0.717, 1.165) is 29.7 Å². The fraction of sp³-hybridized carbons (Fsp3) is 0.235. The van der Waals surface area contributed by atoms with E-state index in [1.165, 1.54) is 0 Å². The first kappa shape index (κ1) is 13.5. The van der Waals surface area contributed by atoms with Gasteiger partial charge in [0.1, 0.15) is 5.78 Å². The molecule has 4 rings (SSSR count). The van der Waals surface area contributed by atoms with Gasteiger partial charge in [0.2, 0.25) is 0 Å². The van der Waals surface area contributed by atoms with Gasteiger partial charge < -0.3 is 0 Å². The molecule has 110 valence electrons. The Morgan fingerprint density at radius 1 is 1.18 bits per heavy atom. The molecule has 0 unspecified atom stereocenters. The topological polar surface area (TPSA) is 47.3 Å². The summed E-state index contributed by atoms with van der Waals surface area (Å²) in [5, 5.41) is 5.17. The van der Waals surface area contributed by atoms with Gasteiger partial charge in [-0.25, -0.2) is 9.50 Å². The Morgan fingerprint density at radius 2 is 2.00 bits per heavy atom. The Labute approximate surface area is 132 Å². The smallest absolute Gasteiger partial charge is 0.159 e. The molecule has 5 heteroatoms. The van der Waals surface area contributed by atoms with Crippen LogP contribution in [0.25, 0.3) is 16.9 Å². The fourth-order valence-corrected chi connectivity index (χ4v) is 2.84. The molecule has 0 N–H and O–H groups in total. The SMILES string of the molecule is O=C(Cc1nc2cccc(-c3ccccc3Cl)n2n1)C1CC1. The van der Waals surface area contributed by atoms with Gasteiger partial charge in [0.05, 0.1) is 12.1 Å². The fourth-order valence-electron chi connectivity index (χ4n) is 2.60. The van der Waals surface area contributed by atoms with Crippen LogP contribution in [0.5, 0.6) is 0 Å². The minimum absolute atomic E-state index is 0.231. The lowest BCUT2D eigenvalue weighted by Gasteiger charge is -2.05. The van der Waals surface area contributed by atoms with E-state index >= 15 is 0 Å². The molecule has 1 aliphatic carbocycles. The van der Waals surface area contributed by atoms with E-state index in [-0.39, 0.29) is 11.7 Å². The Morgan fingerprint density at radius 3 is 2.77 bits per heavy atom. The third kappa shape index (κ3) is 2.40. The Balaban J connectivity index is 1.78. The van der Waals surface area contributed by atoms with Crippen molar-refractivity contribution in [3.8, 4) is 11.3 Å². The number of rotatable bonds is 4. The number of Topliss-reactive ketones (excluding diaryl/α,β-unsaturated/α-hetero) is 1. The summed E-state index contributed by atoms with van der Waals surface area (Å²) < 4.78 is 1.76. The lowest BCUT2D eigenvalue weighted by atomic mass is 10.1. The first-order valence-corrected chi connectivity index (χ1v) is 7.72. The summed E-state index contributed by atoms with van der Waals surface area (Å²) in [6.45, 7) is 0. The molecule has 1 saturated carbocycles. The molecule has 0 aliphatic heterocycles. The number of hydrogen-bond acceptors (Lipinski definition) is 3. The van der Waals surface area contributed by atoms with Gasteiger partial charge in [0, 0.05) is 16.5 Å². The summed E-state index contributed by atoms with van der Waals surface area (Å²) in [5.74, 6) is 1.06. The monoisotopic (exact) mass is 311 g/mol. The third-order valence-corrected chi connectivity index (χ3v) is 4.25. The molecular formula is C17H14ClN3O. The first-order valence-electron chi connectivity index (χ1n) is 7.34. The van der Waals surface area contributed by atoms with Crippen LogP contribution in [0.4, 0.5) is 0 Å². The predicted octanol–water partition coefficient (Wildman–Crippen LogP) is 3.57. The molecule has 22 heavy (non-hydrogen) atoms. The normalized spacial score (nSPS) is 14.4. The molecule has 1 aliphatic rings. The van der Waals surface area contributed by atoms with Crippen molar-refractivity contribution >= 4 is 23.0 Å². The van der Waals surface area contributed by atoms with Crippen LogP contribution in [0.1, 0.15) is 18.7 Å². The maximum Gasteiger partial charge on any atom is 0.159 e. The average Bonchev–Trinajstić information content (AvgIpc) is 3.28. The maximum absolute atomic E-state index is 12.0. The Hall–Kier alpha value is -2.20. The van der Waals surface area contributed by atoms with Gasteiger partial charge in [-0.3, -0.25) is 4.79 Å². The number of ketones is 1. The summed E-state index contributed by atoms with van der Waals surface area (Å²) >= 11 is 6.28. The molecule has 0 saturated heterocycles. The first-order chi connectivity index (χ1) is 10.7. The number of halogens is 1. The van der Waals surface area contributed by atoms with Gasteiger partial charge in [-0.2, -0.15) is 5.10 Å². The number of nitrogens with zero attached hydrogens (tertiary/aromatic N) is 3. The van der Waals surface area contributed by atoms with Crippen molar-refractivity contribution in [2.75, 3.05) is 0 Å². The minimum Gasteiger partial charge on any atom is -0.299 e. The molecule has 0 atom stereocenters. The second kappa shape index (κ2) is 5.21. The van der Waals surface area contributed by atoms with Crippen molar-refractivity contribution in [1.82, 2.24) is 14.6 Å². The standard InChI is InChI=1S/C17H14ClN3O/c18-13-5-2-1-4-12(13)14-6-3-7-17-19-16(20-21(14)17)10-15(22)11-8-9-11/h1-7,11H,8-10H2. The van der Waals surface area contributed by atoms with E-state index in [1.807, 2.05) is 42.5 Å². The summed E-state index contributed by atoms with van der Waals surface area (Å²) in [7, 11) is 0. The average molecular weight is 312 g/mol. The van der Waals surface area contributed by atoms with Gasteiger partial charge in [-0.15, -0.1) is 0 Å². The molecule has 3 aromatic rings. The number of carbonyl (C=O) groups is 1. The van der Waals surface area contributed by atoms with Crippen LogP contribution in [-0.4, -0.2) is 20.4 Å². The number of carbonyl (C=O) groups excluding carboxylic acids is 1. The zero-order chi connectivity index (χ0) is 15.1. The molecule has 2 heterocycles. The van der Waals surface area contributed by atoms with Gasteiger partial charge >= 0.3 is 0 Å². The predicted molar refractivity (Wildman–Crippen MR) is 84.9 cm³/mol. The van der Waals surface area contributed by atoms with E-state index in [4.69, 9.17) is 11.6 Å². The Kier molecular flexibility index (Phi) is 3.19. The molecule has 2 aromatic heterocycles. The summed E-state index contributed by atoms with van der Waals surface area (Å²) in [6.07, 6.45) is 2.34. The van der Waals surface area contributed by atoms with Gasteiger partial charge in [0.25, 0.3) is 0 Å². The van der Waals surface area contributed by atoms with Crippen molar-refractivity contribution in [1.29, 1.82) is 0 Å². The lowest BCUT2D eigenvalue weighted by Crippen LogP contribution is -2.06. The van der Waals surface area contributed by atoms with Crippen LogP contribution < -0.4 is 0 Å². The van der Waals surface area contributed by atoms with E-state index in [0.29, 0.717) is 17.3 Å². The van der Waals surface area contributed by atoms with E-state index < -0.39 is 0 Å². The summed E-state index contributed by atoms with van der Waals surface area (Å²) in [6, 6.07) is 13.4. The van der Waals surface area contributed by atoms with Gasteiger partial charge in [0.15, 0.2) is 11.5 Å². The molecule has 1 aromatic carbocycles. The second-order valence-corrected chi connectivity index (χ2v) is 6.01. The maximum atomic E-state index is 12.0. The third-order valence-electron chi connectivity index (χ3n) is 3.92. The van der Waals surface area contributed by atoms with Crippen LogP contribution in [0.2, 0.25) is 5.02 Å². The molecule has 4 nitrogen and oxygen atoms in total. The van der Waals surface area contributed by atoms with Crippen LogP contribution >= 0.6 is 11.6 Å². The number of pyridine rings is 1. The van der Waals surface area contributed by atoms with Gasteiger partial charge in [-0.05, 0) is 31.0 Å². The Bertz CT molecular complexity index is 867. The van der Waals surface area contributed by atoms with Gasteiger partial charge in [-0.1, -0.05) is 35.9 Å². The zero-order valence-electron chi connectivity index (χ0n) is 11.9. The van der Waals surface area contributed by atoms with Crippen molar-refractivity contribution in [3.63, 3.8) is 0 Å². The zero-order valence-corrected chi connectivity index (χ0v) is 12.6. The molecule has 0 spiro atoms. The lowest BCUT2D eigenvalue weighted by molar-refractivity contribution is -0.119. The van der Waals surface area contributed by atoms with Crippen LogP contribution in [0, 0.1) is 5.92 Å². The molecule has 0 radical (unpaired) electrons. The highest BCUT2D eigenvalue weighted by Crippen LogP contribution is 2.31. The largest absolute Gasteiger partial charge is 0.299 e. The summed E-state index contributed by atoms with van der Waals surface area (Å²) in [5.41, 5.74) is 2.51. The second-order valence-electron chi connectivity index (χ2n) is 5.61. The highest BCUT2D eigenvalue weighted by molar-refractivity contribution is 6.33. The molecule has 0 bridgehead atoms. The molecule has 1 fully saturated rings. The highest BCUT2D eigenvalue weighted by Gasteiger charge is 2.30. The van der Waals surface area contributed by atoms with Crippen molar-refractivity contribution in [2.24, 2.45) is 5.92 Å². The number of aromatic nitrogens is 3. The minimum atomic E-state index is 0.231. The highest BCUT2D eigenvalue weighted by atomic mass is 35.5. The quantitative estimate of drug-likeness (QED) is 0.740. The molecule has 0 amide bonds. The van der Waals surface area contributed by atoms with Crippen molar-refractivity contribution in [3.05, 3.63) is 53.3 Å². The van der Waals surface area contributed by atoms with E-state index in [2.05, 4.69) is 10.1 Å². The molecular weight excluding hydrogens is 298 g/mol. The van der Waals surface area contributed by atoms with E-state index in [1.54, 1.807) is 4.52 Å².